The summed E-state index contributed by atoms with van der Waals surface area (Å²) in [7, 11) is 4.73. The molecule has 0 atom stereocenters. The van der Waals surface area contributed by atoms with Crippen LogP contribution in [0.2, 0.25) is 0 Å². The molecule has 0 aliphatic heterocycles. The molecule has 8 heteroatoms. The van der Waals surface area contributed by atoms with Crippen LogP contribution in [0.25, 0.3) is 0 Å². The fourth-order valence-corrected chi connectivity index (χ4v) is 2.67. The van der Waals surface area contributed by atoms with Gasteiger partial charge in [0.1, 0.15) is 5.82 Å². The van der Waals surface area contributed by atoms with Gasteiger partial charge in [0.2, 0.25) is 5.75 Å². The molecular formula is C21H29FIN3O3. The third-order valence-corrected chi connectivity index (χ3v) is 4.18. The Morgan fingerprint density at radius 1 is 0.966 bits per heavy atom. The van der Waals surface area contributed by atoms with Gasteiger partial charge in [-0.25, -0.2) is 9.38 Å². The van der Waals surface area contributed by atoms with Crippen molar-refractivity contribution in [3.8, 4) is 17.2 Å². The number of nitrogens with zero attached hydrogens (tertiary/aromatic N) is 1. The van der Waals surface area contributed by atoms with Gasteiger partial charge in [0, 0.05) is 13.1 Å². The summed E-state index contributed by atoms with van der Waals surface area (Å²) in [6.45, 7) is 5.33. The molecule has 2 aromatic carbocycles. The van der Waals surface area contributed by atoms with Gasteiger partial charge in [0.05, 0.1) is 27.9 Å². The van der Waals surface area contributed by atoms with Gasteiger partial charge in [-0.1, -0.05) is 12.1 Å². The number of nitrogens with one attached hydrogen (secondary N) is 2. The van der Waals surface area contributed by atoms with Gasteiger partial charge in [-0.3, -0.25) is 0 Å². The van der Waals surface area contributed by atoms with Crippen LogP contribution in [0.15, 0.2) is 35.3 Å². The number of aryl methyl sites for hydroxylation is 1. The second kappa shape index (κ2) is 12.4. The highest BCUT2D eigenvalue weighted by Crippen LogP contribution is 2.38. The summed E-state index contributed by atoms with van der Waals surface area (Å²) in [6, 6.07) is 8.93. The lowest BCUT2D eigenvalue weighted by Gasteiger charge is -2.14. The number of hydrogen-bond acceptors (Lipinski definition) is 4. The van der Waals surface area contributed by atoms with E-state index in [1.807, 2.05) is 25.1 Å². The van der Waals surface area contributed by atoms with Gasteiger partial charge in [-0.05, 0) is 48.7 Å². The molecule has 29 heavy (non-hydrogen) atoms. The fourth-order valence-electron chi connectivity index (χ4n) is 2.67. The molecule has 2 rings (SSSR count). The zero-order valence-corrected chi connectivity index (χ0v) is 19.8. The van der Waals surface area contributed by atoms with Crippen LogP contribution >= 0.6 is 24.0 Å². The summed E-state index contributed by atoms with van der Waals surface area (Å²) >= 11 is 0. The Bertz CT molecular complexity index is 806. The smallest absolute Gasteiger partial charge is 0.203 e. The molecule has 0 aliphatic rings. The van der Waals surface area contributed by atoms with Gasteiger partial charge in [-0.15, -0.1) is 24.0 Å². The maximum Gasteiger partial charge on any atom is 0.203 e. The third-order valence-electron chi connectivity index (χ3n) is 4.18. The molecule has 0 aliphatic carbocycles. The van der Waals surface area contributed by atoms with Gasteiger partial charge in [-0.2, -0.15) is 0 Å². The second-order valence-electron chi connectivity index (χ2n) is 6.17. The van der Waals surface area contributed by atoms with E-state index in [0.717, 1.165) is 11.1 Å². The van der Waals surface area contributed by atoms with Gasteiger partial charge in [0.25, 0.3) is 0 Å². The standard InChI is InChI=1S/C21H28FN3O3.HI/c1-6-23-21(24-12-15-8-7-14(2)17(22)9-15)25-13-16-10-18(26-3)20(28-5)19(11-16)27-4;/h7-11H,6,12-13H2,1-5H3,(H2,23,24,25);1H. The van der Waals surface area contributed by atoms with Crippen molar-refractivity contribution < 1.29 is 18.6 Å². The van der Waals surface area contributed by atoms with E-state index >= 15 is 0 Å². The summed E-state index contributed by atoms with van der Waals surface area (Å²) in [6.07, 6.45) is 0. The lowest BCUT2D eigenvalue weighted by Crippen LogP contribution is -2.36. The number of hydrogen-bond donors (Lipinski definition) is 2. The predicted molar refractivity (Wildman–Crippen MR) is 124 cm³/mol. The van der Waals surface area contributed by atoms with E-state index in [4.69, 9.17) is 14.2 Å². The Hall–Kier alpha value is -2.23. The SMILES string of the molecule is CCNC(=NCc1cc(OC)c(OC)c(OC)c1)NCc1ccc(C)c(F)c1.I. The van der Waals surface area contributed by atoms with Crippen LogP contribution in [0.3, 0.4) is 0 Å². The van der Waals surface area contributed by atoms with Crippen LogP contribution in [0, 0.1) is 12.7 Å². The molecule has 0 bridgehead atoms. The van der Waals surface area contributed by atoms with Gasteiger partial charge in [0.15, 0.2) is 17.5 Å². The van der Waals surface area contributed by atoms with Crippen molar-refractivity contribution in [1.82, 2.24) is 10.6 Å². The Labute approximate surface area is 188 Å². The van der Waals surface area contributed by atoms with Crippen LogP contribution < -0.4 is 24.8 Å². The number of benzene rings is 2. The first-order valence-electron chi connectivity index (χ1n) is 9.08. The van der Waals surface area contributed by atoms with Crippen molar-refractivity contribution in [2.75, 3.05) is 27.9 Å². The summed E-state index contributed by atoms with van der Waals surface area (Å²) < 4.78 is 29.8. The molecule has 0 aromatic heterocycles. The average Bonchev–Trinajstić information content (AvgIpc) is 2.71. The summed E-state index contributed by atoms with van der Waals surface area (Å²) in [5.74, 6) is 2.14. The largest absolute Gasteiger partial charge is 0.493 e. The highest BCUT2D eigenvalue weighted by atomic mass is 127. The zero-order chi connectivity index (χ0) is 20.5. The van der Waals surface area contributed by atoms with Crippen molar-refractivity contribution in [3.63, 3.8) is 0 Å². The minimum absolute atomic E-state index is 0. The normalized spacial score (nSPS) is 10.8. The quantitative estimate of drug-likeness (QED) is 0.315. The first-order valence-corrected chi connectivity index (χ1v) is 9.08. The molecule has 0 spiro atoms. The molecule has 0 fully saturated rings. The summed E-state index contributed by atoms with van der Waals surface area (Å²) in [5, 5.41) is 6.41. The number of guanidine groups is 1. The molecule has 0 saturated heterocycles. The number of aliphatic imine (C=N–C) groups is 1. The van der Waals surface area contributed by atoms with Crippen LogP contribution in [0.1, 0.15) is 23.6 Å². The first-order chi connectivity index (χ1) is 13.5. The highest BCUT2D eigenvalue weighted by molar-refractivity contribution is 14.0. The van der Waals surface area contributed by atoms with Crippen molar-refractivity contribution in [2.24, 2.45) is 4.99 Å². The molecule has 2 aromatic rings. The van der Waals surface area contributed by atoms with Crippen molar-refractivity contribution >= 4 is 29.9 Å². The number of rotatable bonds is 8. The average molecular weight is 517 g/mol. The highest BCUT2D eigenvalue weighted by Gasteiger charge is 2.13. The van der Waals surface area contributed by atoms with Crippen molar-refractivity contribution in [1.29, 1.82) is 0 Å². The van der Waals surface area contributed by atoms with E-state index in [0.29, 0.717) is 48.4 Å². The van der Waals surface area contributed by atoms with E-state index in [-0.39, 0.29) is 29.8 Å². The second-order valence-corrected chi connectivity index (χ2v) is 6.17. The van der Waals surface area contributed by atoms with E-state index < -0.39 is 0 Å². The lowest BCUT2D eigenvalue weighted by molar-refractivity contribution is 0.324. The summed E-state index contributed by atoms with van der Waals surface area (Å²) in [5.41, 5.74) is 2.39. The maximum atomic E-state index is 13.7. The molecule has 6 nitrogen and oxygen atoms in total. The molecule has 0 unspecified atom stereocenters. The first kappa shape index (κ1) is 24.8. The molecule has 0 amide bonds. The lowest BCUT2D eigenvalue weighted by atomic mass is 10.1. The fraction of sp³-hybridized carbons (Fsp3) is 0.381. The monoisotopic (exact) mass is 517 g/mol. The Morgan fingerprint density at radius 2 is 1.62 bits per heavy atom. The number of halogens is 2. The van der Waals surface area contributed by atoms with E-state index in [1.165, 1.54) is 6.07 Å². The zero-order valence-electron chi connectivity index (χ0n) is 17.5. The maximum absolute atomic E-state index is 13.7. The minimum atomic E-state index is -0.210. The topological polar surface area (TPSA) is 64.1 Å². The van der Waals surface area contributed by atoms with Gasteiger partial charge >= 0.3 is 0 Å². The molecular weight excluding hydrogens is 488 g/mol. The minimum Gasteiger partial charge on any atom is -0.493 e. The molecule has 0 radical (unpaired) electrons. The molecule has 0 heterocycles. The van der Waals surface area contributed by atoms with Crippen LogP contribution in [-0.2, 0) is 13.1 Å². The molecule has 0 saturated carbocycles. The van der Waals surface area contributed by atoms with Crippen LogP contribution in [0.5, 0.6) is 17.2 Å². The van der Waals surface area contributed by atoms with E-state index in [9.17, 15) is 4.39 Å². The Balaban J connectivity index is 0.00000420. The van der Waals surface area contributed by atoms with E-state index in [1.54, 1.807) is 34.3 Å². The van der Waals surface area contributed by atoms with Crippen molar-refractivity contribution in [2.45, 2.75) is 26.9 Å². The van der Waals surface area contributed by atoms with Crippen LogP contribution in [-0.4, -0.2) is 33.8 Å². The molecule has 160 valence electrons. The Kier molecular flexibility index (Phi) is 10.6. The Morgan fingerprint density at radius 3 is 2.14 bits per heavy atom. The molecule has 2 N–H and O–H groups in total. The summed E-state index contributed by atoms with van der Waals surface area (Å²) in [4.78, 5) is 4.59. The van der Waals surface area contributed by atoms with Crippen molar-refractivity contribution in [3.05, 3.63) is 52.8 Å². The number of methoxy groups -OCH3 is 3. The number of ether oxygens (including phenoxy) is 3. The predicted octanol–water partition coefficient (Wildman–Crippen LogP) is 4.03. The van der Waals surface area contributed by atoms with E-state index in [2.05, 4.69) is 15.6 Å². The van der Waals surface area contributed by atoms with Gasteiger partial charge < -0.3 is 24.8 Å². The van der Waals surface area contributed by atoms with Crippen LogP contribution in [0.4, 0.5) is 4.39 Å². The third kappa shape index (κ3) is 6.95.